The van der Waals surface area contributed by atoms with Crippen molar-refractivity contribution >= 4 is 12.1 Å². The lowest BCUT2D eigenvalue weighted by Gasteiger charge is -2.09. The van der Waals surface area contributed by atoms with E-state index in [0.717, 1.165) is 17.9 Å². The molecule has 3 nitrogen and oxygen atoms in total. The van der Waals surface area contributed by atoms with Gasteiger partial charge in [0.25, 0.3) is 0 Å². The Bertz CT molecular complexity index is 340. The van der Waals surface area contributed by atoms with Gasteiger partial charge in [-0.15, -0.1) is 0 Å². The van der Waals surface area contributed by atoms with Gasteiger partial charge in [0.2, 0.25) is 0 Å². The summed E-state index contributed by atoms with van der Waals surface area (Å²) in [6, 6.07) is 3.87. The van der Waals surface area contributed by atoms with Crippen molar-refractivity contribution < 1.29 is 0 Å². The monoisotopic (exact) mass is 173 g/mol. The van der Waals surface area contributed by atoms with Crippen molar-refractivity contribution in [1.29, 1.82) is 0 Å². The summed E-state index contributed by atoms with van der Waals surface area (Å²) in [7, 11) is 0. The van der Waals surface area contributed by atoms with E-state index in [1.54, 1.807) is 12.4 Å². The minimum Gasteiger partial charge on any atom is -0.266 e. The van der Waals surface area contributed by atoms with Gasteiger partial charge in [0.05, 0.1) is 0 Å². The Morgan fingerprint density at radius 2 is 2.38 bits per heavy atom. The van der Waals surface area contributed by atoms with Crippen LogP contribution in [0.2, 0.25) is 0 Å². The molecule has 66 valence electrons. The SMILES string of the molecule is CC1C=NC(c2cccnc2)=NC1. The van der Waals surface area contributed by atoms with Crippen molar-refractivity contribution in [3.05, 3.63) is 30.1 Å². The van der Waals surface area contributed by atoms with Gasteiger partial charge in [-0.2, -0.15) is 0 Å². The van der Waals surface area contributed by atoms with Gasteiger partial charge in [0, 0.05) is 36.6 Å². The van der Waals surface area contributed by atoms with Gasteiger partial charge in [-0.1, -0.05) is 6.92 Å². The second kappa shape index (κ2) is 3.47. The fraction of sp³-hybridized carbons (Fsp3) is 0.300. The standard InChI is InChI=1S/C10H11N3/c1-8-5-12-10(13-6-8)9-3-2-4-11-7-9/h2-5,7-8H,6H2,1H3. The summed E-state index contributed by atoms with van der Waals surface area (Å²) < 4.78 is 0. The first-order valence-corrected chi connectivity index (χ1v) is 4.35. The van der Waals surface area contributed by atoms with Crippen molar-refractivity contribution in [2.24, 2.45) is 15.9 Å². The minimum absolute atomic E-state index is 0.459. The van der Waals surface area contributed by atoms with E-state index >= 15 is 0 Å². The summed E-state index contributed by atoms with van der Waals surface area (Å²) in [5.74, 6) is 1.26. The Hall–Kier alpha value is -1.51. The van der Waals surface area contributed by atoms with E-state index < -0.39 is 0 Å². The average molecular weight is 173 g/mol. The zero-order chi connectivity index (χ0) is 9.10. The highest BCUT2D eigenvalue weighted by molar-refractivity contribution is 6.03. The van der Waals surface area contributed by atoms with Crippen LogP contribution < -0.4 is 0 Å². The maximum Gasteiger partial charge on any atom is 0.155 e. The summed E-state index contributed by atoms with van der Waals surface area (Å²) in [5.41, 5.74) is 0.991. The molecule has 0 aromatic carbocycles. The number of amidine groups is 1. The van der Waals surface area contributed by atoms with Crippen LogP contribution in [0.4, 0.5) is 0 Å². The predicted octanol–water partition coefficient (Wildman–Crippen LogP) is 1.55. The fourth-order valence-electron chi connectivity index (χ4n) is 1.18. The van der Waals surface area contributed by atoms with E-state index in [9.17, 15) is 0 Å². The molecule has 1 unspecified atom stereocenters. The molecule has 0 N–H and O–H groups in total. The third-order valence-corrected chi connectivity index (χ3v) is 1.90. The molecule has 0 saturated heterocycles. The molecule has 0 spiro atoms. The van der Waals surface area contributed by atoms with Gasteiger partial charge in [0.15, 0.2) is 5.84 Å². The van der Waals surface area contributed by atoms with Crippen LogP contribution >= 0.6 is 0 Å². The number of rotatable bonds is 1. The highest BCUT2D eigenvalue weighted by Gasteiger charge is 2.07. The van der Waals surface area contributed by atoms with Crippen LogP contribution in [0.25, 0.3) is 0 Å². The maximum absolute atomic E-state index is 4.36. The summed E-state index contributed by atoms with van der Waals surface area (Å²) >= 11 is 0. The van der Waals surface area contributed by atoms with Crippen LogP contribution in [0.5, 0.6) is 0 Å². The maximum atomic E-state index is 4.36. The number of pyridine rings is 1. The van der Waals surface area contributed by atoms with E-state index in [2.05, 4.69) is 21.9 Å². The molecule has 1 aromatic rings. The molecule has 1 aliphatic rings. The molecular weight excluding hydrogens is 162 g/mol. The van der Waals surface area contributed by atoms with Gasteiger partial charge in [-0.25, -0.2) is 4.99 Å². The van der Waals surface area contributed by atoms with Gasteiger partial charge in [-0.05, 0) is 12.1 Å². The molecule has 2 heterocycles. The minimum atomic E-state index is 0.459. The number of hydrogen-bond acceptors (Lipinski definition) is 3. The van der Waals surface area contributed by atoms with Gasteiger partial charge >= 0.3 is 0 Å². The molecule has 0 aliphatic carbocycles. The van der Waals surface area contributed by atoms with E-state index in [1.807, 2.05) is 18.3 Å². The first kappa shape index (κ1) is 8.10. The second-order valence-electron chi connectivity index (χ2n) is 3.16. The molecule has 0 bridgehead atoms. The third kappa shape index (κ3) is 1.80. The number of aliphatic imine (C=N–C) groups is 2. The normalized spacial score (nSPS) is 21.3. The average Bonchev–Trinajstić information content (AvgIpc) is 2.20. The molecule has 2 rings (SSSR count). The number of nitrogens with zero attached hydrogens (tertiary/aromatic N) is 3. The van der Waals surface area contributed by atoms with Crippen molar-refractivity contribution in [2.75, 3.05) is 6.54 Å². The summed E-state index contributed by atoms with van der Waals surface area (Å²) in [4.78, 5) is 12.6. The molecule has 0 radical (unpaired) electrons. The van der Waals surface area contributed by atoms with Crippen molar-refractivity contribution in [1.82, 2.24) is 4.98 Å². The molecule has 0 fully saturated rings. The van der Waals surface area contributed by atoms with Crippen LogP contribution in [0.3, 0.4) is 0 Å². The topological polar surface area (TPSA) is 37.6 Å². The smallest absolute Gasteiger partial charge is 0.155 e. The van der Waals surface area contributed by atoms with E-state index in [0.29, 0.717) is 5.92 Å². The number of aromatic nitrogens is 1. The van der Waals surface area contributed by atoms with E-state index in [4.69, 9.17) is 0 Å². The van der Waals surface area contributed by atoms with Gasteiger partial charge in [-0.3, -0.25) is 9.98 Å². The summed E-state index contributed by atoms with van der Waals surface area (Å²) in [5, 5.41) is 0. The Morgan fingerprint density at radius 1 is 1.46 bits per heavy atom. The number of hydrogen-bond donors (Lipinski definition) is 0. The predicted molar refractivity (Wildman–Crippen MR) is 53.3 cm³/mol. The first-order valence-electron chi connectivity index (χ1n) is 4.35. The lowest BCUT2D eigenvalue weighted by atomic mass is 10.2. The van der Waals surface area contributed by atoms with Crippen LogP contribution in [0, 0.1) is 5.92 Å². The summed E-state index contributed by atoms with van der Waals surface area (Å²) in [6.45, 7) is 2.93. The van der Waals surface area contributed by atoms with Gasteiger partial charge < -0.3 is 0 Å². The fourth-order valence-corrected chi connectivity index (χ4v) is 1.18. The zero-order valence-electron chi connectivity index (χ0n) is 7.51. The quantitative estimate of drug-likeness (QED) is 0.634. The van der Waals surface area contributed by atoms with Gasteiger partial charge in [0.1, 0.15) is 0 Å². The third-order valence-electron chi connectivity index (χ3n) is 1.90. The molecule has 0 saturated carbocycles. The Kier molecular flexibility index (Phi) is 2.17. The van der Waals surface area contributed by atoms with Crippen molar-refractivity contribution in [3.63, 3.8) is 0 Å². The highest BCUT2D eigenvalue weighted by Crippen LogP contribution is 2.06. The molecule has 1 aliphatic heterocycles. The molecule has 0 amide bonds. The highest BCUT2D eigenvalue weighted by atomic mass is 14.9. The lowest BCUT2D eigenvalue weighted by molar-refractivity contribution is 0.788. The first-order chi connectivity index (χ1) is 6.36. The van der Waals surface area contributed by atoms with Crippen LogP contribution in [0.1, 0.15) is 12.5 Å². The second-order valence-corrected chi connectivity index (χ2v) is 3.16. The van der Waals surface area contributed by atoms with Crippen LogP contribution in [0.15, 0.2) is 34.5 Å². The molecule has 1 atom stereocenters. The zero-order valence-corrected chi connectivity index (χ0v) is 7.51. The Morgan fingerprint density at radius 3 is 3.00 bits per heavy atom. The van der Waals surface area contributed by atoms with Crippen LogP contribution in [-0.2, 0) is 0 Å². The Labute approximate surface area is 77.3 Å². The summed E-state index contributed by atoms with van der Waals surface area (Å²) in [6.07, 6.45) is 5.47. The molecule has 1 aromatic heterocycles. The molecular formula is C10H11N3. The van der Waals surface area contributed by atoms with E-state index in [-0.39, 0.29) is 0 Å². The Balaban J connectivity index is 2.25. The molecule has 3 heteroatoms. The molecule has 13 heavy (non-hydrogen) atoms. The van der Waals surface area contributed by atoms with Crippen molar-refractivity contribution in [2.45, 2.75) is 6.92 Å². The van der Waals surface area contributed by atoms with E-state index in [1.165, 1.54) is 0 Å². The largest absolute Gasteiger partial charge is 0.266 e. The van der Waals surface area contributed by atoms with Crippen molar-refractivity contribution in [3.8, 4) is 0 Å². The lowest BCUT2D eigenvalue weighted by Crippen LogP contribution is -2.12. The van der Waals surface area contributed by atoms with Crippen LogP contribution in [-0.4, -0.2) is 23.6 Å².